The monoisotopic (exact) mass is 449 g/mol. The molecule has 0 aliphatic heterocycles. The van der Waals surface area contributed by atoms with Crippen LogP contribution < -0.4 is 5.32 Å². The van der Waals surface area contributed by atoms with Crippen LogP contribution in [0.15, 0.2) is 38.4 Å². The fourth-order valence-electron chi connectivity index (χ4n) is 4.53. The quantitative estimate of drug-likeness (QED) is 0.633. The molecule has 7 heteroatoms. The van der Waals surface area contributed by atoms with Gasteiger partial charge < -0.3 is 9.73 Å². The van der Waals surface area contributed by atoms with Crippen molar-refractivity contribution >= 4 is 33.6 Å². The van der Waals surface area contributed by atoms with Gasteiger partial charge in [-0.2, -0.15) is 0 Å². The molecule has 2 bridgehead atoms. The highest BCUT2D eigenvalue weighted by molar-refractivity contribution is 9.10. The molecule has 1 heterocycles. The van der Waals surface area contributed by atoms with Crippen molar-refractivity contribution in [3.8, 4) is 11.5 Å². The second-order valence-corrected chi connectivity index (χ2v) is 9.98. The van der Waals surface area contributed by atoms with E-state index in [9.17, 15) is 4.79 Å². The maximum atomic E-state index is 12.6. The number of fused-ring (bicyclic) bond motifs is 2. The molecule has 144 valence electrons. The maximum Gasteiger partial charge on any atom is 0.277 e. The summed E-state index contributed by atoms with van der Waals surface area (Å²) in [5.41, 5.74) is 0.861. The fourth-order valence-corrected chi connectivity index (χ4v) is 5.48. The highest BCUT2D eigenvalue weighted by Gasteiger charge is 2.42. The van der Waals surface area contributed by atoms with Crippen LogP contribution in [-0.2, 0) is 4.79 Å². The number of hydrogen-bond donors (Lipinski definition) is 1. The first kappa shape index (κ1) is 19.0. The Morgan fingerprint density at radius 1 is 1.22 bits per heavy atom. The van der Waals surface area contributed by atoms with E-state index in [1.165, 1.54) is 37.4 Å². The van der Waals surface area contributed by atoms with Gasteiger partial charge in [0.05, 0.1) is 5.25 Å². The number of nitrogens with zero attached hydrogens (tertiary/aromatic N) is 2. The first-order valence-corrected chi connectivity index (χ1v) is 11.2. The van der Waals surface area contributed by atoms with Gasteiger partial charge in [-0.15, -0.1) is 10.2 Å². The van der Waals surface area contributed by atoms with E-state index in [-0.39, 0.29) is 17.2 Å². The summed E-state index contributed by atoms with van der Waals surface area (Å²) in [6, 6.07) is 7.93. The summed E-state index contributed by atoms with van der Waals surface area (Å²) >= 11 is 4.72. The number of thioether (sulfide) groups is 1. The van der Waals surface area contributed by atoms with Crippen molar-refractivity contribution in [1.82, 2.24) is 15.5 Å². The second kappa shape index (κ2) is 7.95. The molecule has 2 saturated carbocycles. The Kier molecular flexibility index (Phi) is 5.60. The van der Waals surface area contributed by atoms with Crippen LogP contribution >= 0.6 is 27.7 Å². The first-order chi connectivity index (χ1) is 13.0. The molecular formula is C20H24BrN3O2S. The van der Waals surface area contributed by atoms with Crippen molar-refractivity contribution in [1.29, 1.82) is 0 Å². The van der Waals surface area contributed by atoms with Gasteiger partial charge in [-0.25, -0.2) is 0 Å². The summed E-state index contributed by atoms with van der Waals surface area (Å²) in [6.45, 7) is 4.04. The molecule has 2 aliphatic carbocycles. The summed E-state index contributed by atoms with van der Waals surface area (Å²) in [5.74, 6) is 2.84. The molecule has 2 aromatic rings. The number of nitrogens with one attached hydrogen (secondary N) is 1. The highest BCUT2D eigenvalue weighted by atomic mass is 79.9. The van der Waals surface area contributed by atoms with Gasteiger partial charge in [-0.05, 0) is 75.1 Å². The third kappa shape index (κ3) is 4.24. The third-order valence-electron chi connectivity index (χ3n) is 5.95. The lowest BCUT2D eigenvalue weighted by Crippen LogP contribution is -2.43. The SMILES string of the molecule is CC(Sc1nnc(-c2ccc(Br)cc2)o1)C(=O)NC(C)C1CC2CCC1C2. The zero-order valence-corrected chi connectivity index (χ0v) is 17.9. The van der Waals surface area contributed by atoms with Crippen LogP contribution in [-0.4, -0.2) is 27.4 Å². The van der Waals surface area contributed by atoms with Crippen LogP contribution in [0.4, 0.5) is 0 Å². The van der Waals surface area contributed by atoms with Crippen LogP contribution in [0, 0.1) is 17.8 Å². The zero-order chi connectivity index (χ0) is 19.0. The highest BCUT2D eigenvalue weighted by Crippen LogP contribution is 2.49. The minimum Gasteiger partial charge on any atom is -0.411 e. The molecular weight excluding hydrogens is 426 g/mol. The van der Waals surface area contributed by atoms with E-state index < -0.39 is 0 Å². The normalized spacial score (nSPS) is 26.1. The third-order valence-corrected chi connectivity index (χ3v) is 7.41. The largest absolute Gasteiger partial charge is 0.411 e. The van der Waals surface area contributed by atoms with Crippen LogP contribution in [0.3, 0.4) is 0 Å². The number of carbonyl (C=O) groups excluding carboxylic acids is 1. The Hall–Kier alpha value is -1.34. The number of aromatic nitrogens is 2. The lowest BCUT2D eigenvalue weighted by atomic mass is 9.84. The van der Waals surface area contributed by atoms with Gasteiger partial charge in [0.2, 0.25) is 11.8 Å². The van der Waals surface area contributed by atoms with Crippen molar-refractivity contribution in [3.63, 3.8) is 0 Å². The molecule has 1 aromatic carbocycles. The van der Waals surface area contributed by atoms with Gasteiger partial charge >= 0.3 is 0 Å². The maximum absolute atomic E-state index is 12.6. The Labute approximate surface area is 172 Å². The van der Waals surface area contributed by atoms with E-state index in [0.717, 1.165) is 21.9 Å². The molecule has 1 aromatic heterocycles. The van der Waals surface area contributed by atoms with Crippen molar-refractivity contribution in [3.05, 3.63) is 28.7 Å². The van der Waals surface area contributed by atoms with Crippen LogP contribution in [0.2, 0.25) is 0 Å². The van der Waals surface area contributed by atoms with Crippen molar-refractivity contribution < 1.29 is 9.21 Å². The Balaban J connectivity index is 1.32. The topological polar surface area (TPSA) is 68.0 Å². The molecule has 1 N–H and O–H groups in total. The first-order valence-electron chi connectivity index (χ1n) is 9.56. The number of carbonyl (C=O) groups is 1. The van der Waals surface area contributed by atoms with Crippen molar-refractivity contribution in [2.45, 2.75) is 56.0 Å². The number of benzene rings is 1. The summed E-state index contributed by atoms with van der Waals surface area (Å²) in [5, 5.41) is 11.5. The molecule has 2 fully saturated rings. The molecule has 27 heavy (non-hydrogen) atoms. The van der Waals surface area contributed by atoms with Crippen molar-refractivity contribution in [2.75, 3.05) is 0 Å². The summed E-state index contributed by atoms with van der Waals surface area (Å²) in [7, 11) is 0. The van der Waals surface area contributed by atoms with Crippen LogP contribution in [0.25, 0.3) is 11.5 Å². The minimum absolute atomic E-state index is 0.0404. The molecule has 2 aliphatic rings. The van der Waals surface area contributed by atoms with Gasteiger partial charge in [-0.1, -0.05) is 34.1 Å². The van der Waals surface area contributed by atoms with E-state index in [1.54, 1.807) is 0 Å². The van der Waals surface area contributed by atoms with Gasteiger partial charge in [0, 0.05) is 16.1 Å². The van der Waals surface area contributed by atoms with E-state index in [2.05, 4.69) is 38.4 Å². The molecule has 5 unspecified atom stereocenters. The molecule has 0 radical (unpaired) electrons. The van der Waals surface area contributed by atoms with Crippen molar-refractivity contribution in [2.24, 2.45) is 17.8 Å². The smallest absolute Gasteiger partial charge is 0.277 e. The van der Waals surface area contributed by atoms with Gasteiger partial charge in [0.15, 0.2) is 0 Å². The number of amides is 1. The molecule has 4 rings (SSSR count). The Morgan fingerprint density at radius 3 is 2.67 bits per heavy atom. The van der Waals surface area contributed by atoms with E-state index >= 15 is 0 Å². The molecule has 0 saturated heterocycles. The summed E-state index contributed by atoms with van der Waals surface area (Å²) < 4.78 is 6.72. The van der Waals surface area contributed by atoms with E-state index in [4.69, 9.17) is 4.42 Å². The summed E-state index contributed by atoms with van der Waals surface area (Å²) in [6.07, 6.45) is 5.34. The van der Waals surface area contributed by atoms with Gasteiger partial charge in [0.25, 0.3) is 5.22 Å². The Morgan fingerprint density at radius 2 is 2.00 bits per heavy atom. The Bertz CT molecular complexity index is 810. The lowest BCUT2D eigenvalue weighted by Gasteiger charge is -2.29. The molecule has 5 nitrogen and oxygen atoms in total. The average molecular weight is 450 g/mol. The van der Waals surface area contributed by atoms with E-state index in [1.807, 2.05) is 31.2 Å². The van der Waals surface area contributed by atoms with Gasteiger partial charge in [0.1, 0.15) is 0 Å². The number of halogens is 1. The second-order valence-electron chi connectivity index (χ2n) is 7.78. The number of hydrogen-bond acceptors (Lipinski definition) is 5. The minimum atomic E-state index is -0.274. The molecule has 1 amide bonds. The fraction of sp³-hybridized carbons (Fsp3) is 0.550. The predicted molar refractivity (Wildman–Crippen MR) is 109 cm³/mol. The number of rotatable bonds is 6. The van der Waals surface area contributed by atoms with Gasteiger partial charge in [-0.3, -0.25) is 4.79 Å². The molecule has 0 spiro atoms. The summed E-state index contributed by atoms with van der Waals surface area (Å²) in [4.78, 5) is 12.6. The van der Waals surface area contributed by atoms with Crippen LogP contribution in [0.1, 0.15) is 39.5 Å². The zero-order valence-electron chi connectivity index (χ0n) is 15.5. The standard InChI is InChI=1S/C20H24BrN3O2S/c1-11(17-10-13-3-4-15(17)9-13)22-18(25)12(2)27-20-24-23-19(26-20)14-5-7-16(21)8-6-14/h5-8,11-13,15,17H,3-4,9-10H2,1-2H3,(H,22,25). The van der Waals surface area contributed by atoms with E-state index in [0.29, 0.717) is 17.0 Å². The predicted octanol–water partition coefficient (Wildman–Crippen LogP) is 4.92. The lowest BCUT2D eigenvalue weighted by molar-refractivity contribution is -0.121. The average Bonchev–Trinajstić information content (AvgIpc) is 3.39. The van der Waals surface area contributed by atoms with Crippen LogP contribution in [0.5, 0.6) is 0 Å². The molecule has 5 atom stereocenters.